The maximum atomic E-state index is 5.40. The average molecular weight is 354 g/mol. The molecule has 2 N–H and O–H groups in total. The summed E-state index contributed by atoms with van der Waals surface area (Å²) >= 11 is 5.40. The largest absolute Gasteiger partial charge is 0.329 e. The van der Waals surface area contributed by atoms with Crippen molar-refractivity contribution in [1.82, 2.24) is 19.6 Å². The van der Waals surface area contributed by atoms with Gasteiger partial charge in [0.1, 0.15) is 0 Å². The first kappa shape index (κ1) is 17.2. The first-order valence-corrected chi connectivity index (χ1v) is 8.51. The number of thiocarbonyl (C=S) groups is 1. The molecule has 6 nitrogen and oxygen atoms in total. The molecular weight excluding hydrogens is 332 g/mol. The summed E-state index contributed by atoms with van der Waals surface area (Å²) in [5, 5.41) is 15.8. The molecule has 25 heavy (non-hydrogen) atoms. The molecule has 0 bridgehead atoms. The van der Waals surface area contributed by atoms with E-state index in [9.17, 15) is 0 Å². The fourth-order valence-electron chi connectivity index (χ4n) is 2.72. The molecule has 0 amide bonds. The monoisotopic (exact) mass is 354 g/mol. The van der Waals surface area contributed by atoms with E-state index >= 15 is 0 Å². The molecular formula is C18H22N6S. The molecule has 0 aliphatic rings. The Morgan fingerprint density at radius 1 is 1.08 bits per heavy atom. The topological polar surface area (TPSA) is 59.7 Å². The van der Waals surface area contributed by atoms with Crippen molar-refractivity contribution in [3.05, 3.63) is 59.0 Å². The minimum absolute atomic E-state index is 0.500. The second-order valence-corrected chi connectivity index (χ2v) is 6.49. The predicted octanol–water partition coefficient (Wildman–Crippen LogP) is 3.40. The minimum Gasteiger partial charge on any atom is -0.329 e. The fourth-order valence-corrected chi connectivity index (χ4v) is 2.93. The summed E-state index contributed by atoms with van der Waals surface area (Å²) in [6, 6.07) is 10.2. The van der Waals surface area contributed by atoms with E-state index < -0.39 is 0 Å². The Hall–Kier alpha value is -2.67. The second kappa shape index (κ2) is 7.06. The van der Waals surface area contributed by atoms with Crippen LogP contribution < -0.4 is 10.6 Å². The maximum absolute atomic E-state index is 5.40. The number of nitrogens with one attached hydrogen (secondary N) is 2. The third-order valence-corrected chi connectivity index (χ3v) is 4.36. The standard InChI is InChI=1S/C18H22N6S/c1-12-7-5-6-8-15(12)11-24-14(3)17(13(2)21-24)20-18(25)19-16-9-10-23(4)22-16/h5-10H,11H2,1-4H3,(H2,19,20,22,25). The zero-order valence-corrected chi connectivity index (χ0v) is 15.7. The highest BCUT2D eigenvalue weighted by Crippen LogP contribution is 2.21. The van der Waals surface area contributed by atoms with Gasteiger partial charge in [-0.3, -0.25) is 9.36 Å². The van der Waals surface area contributed by atoms with E-state index in [4.69, 9.17) is 12.2 Å². The van der Waals surface area contributed by atoms with Crippen LogP contribution in [-0.2, 0) is 13.6 Å². The molecule has 130 valence electrons. The van der Waals surface area contributed by atoms with E-state index in [0.29, 0.717) is 10.9 Å². The lowest BCUT2D eigenvalue weighted by molar-refractivity contribution is 0.657. The predicted molar refractivity (Wildman–Crippen MR) is 105 cm³/mol. The van der Waals surface area contributed by atoms with Gasteiger partial charge in [0.2, 0.25) is 0 Å². The molecule has 0 saturated carbocycles. The van der Waals surface area contributed by atoms with E-state index in [0.717, 1.165) is 23.6 Å². The number of aromatic nitrogens is 4. The SMILES string of the molecule is Cc1ccccc1Cn1nc(C)c(NC(=S)Nc2ccn(C)n2)c1C. The molecule has 0 aliphatic carbocycles. The van der Waals surface area contributed by atoms with Crippen molar-refractivity contribution in [1.29, 1.82) is 0 Å². The molecule has 0 saturated heterocycles. The highest BCUT2D eigenvalue weighted by Gasteiger charge is 2.14. The Bertz CT molecular complexity index is 908. The van der Waals surface area contributed by atoms with Crippen LogP contribution in [0.25, 0.3) is 0 Å². The highest BCUT2D eigenvalue weighted by molar-refractivity contribution is 7.80. The van der Waals surface area contributed by atoms with Crippen LogP contribution in [-0.4, -0.2) is 24.7 Å². The van der Waals surface area contributed by atoms with Gasteiger partial charge in [-0.25, -0.2) is 0 Å². The summed E-state index contributed by atoms with van der Waals surface area (Å²) in [7, 11) is 1.87. The Labute approximate surface area is 152 Å². The van der Waals surface area contributed by atoms with Gasteiger partial charge < -0.3 is 10.6 Å². The normalized spacial score (nSPS) is 10.7. The minimum atomic E-state index is 0.500. The van der Waals surface area contributed by atoms with Crippen molar-refractivity contribution in [3.8, 4) is 0 Å². The Morgan fingerprint density at radius 3 is 2.52 bits per heavy atom. The molecule has 7 heteroatoms. The second-order valence-electron chi connectivity index (χ2n) is 6.08. The summed E-state index contributed by atoms with van der Waals surface area (Å²) in [6.45, 7) is 6.88. The molecule has 1 aromatic carbocycles. The van der Waals surface area contributed by atoms with Gasteiger partial charge in [0, 0.05) is 19.3 Å². The van der Waals surface area contributed by atoms with Crippen LogP contribution in [0.4, 0.5) is 11.5 Å². The van der Waals surface area contributed by atoms with Gasteiger partial charge in [0.25, 0.3) is 0 Å². The zero-order valence-electron chi connectivity index (χ0n) is 14.9. The molecule has 0 aliphatic heterocycles. The van der Waals surface area contributed by atoms with Gasteiger partial charge >= 0.3 is 0 Å². The van der Waals surface area contributed by atoms with E-state index in [1.807, 2.05) is 37.8 Å². The third-order valence-electron chi connectivity index (χ3n) is 4.16. The summed E-state index contributed by atoms with van der Waals surface area (Å²) in [6.07, 6.45) is 1.86. The Morgan fingerprint density at radius 2 is 1.84 bits per heavy atom. The maximum Gasteiger partial charge on any atom is 0.176 e. The van der Waals surface area contributed by atoms with Crippen LogP contribution in [0.15, 0.2) is 36.5 Å². The third kappa shape index (κ3) is 3.88. The van der Waals surface area contributed by atoms with E-state index in [1.165, 1.54) is 11.1 Å². The average Bonchev–Trinajstić information content (AvgIpc) is 3.08. The molecule has 0 atom stereocenters. The highest BCUT2D eigenvalue weighted by atomic mass is 32.1. The number of hydrogen-bond donors (Lipinski definition) is 2. The van der Waals surface area contributed by atoms with Gasteiger partial charge in [0.05, 0.1) is 23.6 Å². The lowest BCUT2D eigenvalue weighted by Crippen LogP contribution is -2.20. The lowest BCUT2D eigenvalue weighted by Gasteiger charge is -2.10. The molecule has 0 spiro atoms. The van der Waals surface area contributed by atoms with Crippen LogP contribution >= 0.6 is 12.2 Å². The van der Waals surface area contributed by atoms with Gasteiger partial charge in [-0.1, -0.05) is 24.3 Å². The number of hydrogen-bond acceptors (Lipinski definition) is 3. The van der Waals surface area contributed by atoms with Crippen LogP contribution in [0.2, 0.25) is 0 Å². The number of rotatable bonds is 4. The summed E-state index contributed by atoms with van der Waals surface area (Å²) in [5.74, 6) is 0.711. The van der Waals surface area contributed by atoms with E-state index in [2.05, 4.69) is 52.0 Å². The van der Waals surface area contributed by atoms with Crippen molar-refractivity contribution < 1.29 is 0 Å². The van der Waals surface area contributed by atoms with Crippen molar-refractivity contribution >= 4 is 28.8 Å². The molecule has 0 radical (unpaired) electrons. The molecule has 3 rings (SSSR count). The quantitative estimate of drug-likeness (QED) is 0.703. The molecule has 2 heterocycles. The van der Waals surface area contributed by atoms with E-state index in [-0.39, 0.29) is 0 Å². The number of benzene rings is 1. The van der Waals surface area contributed by atoms with Gasteiger partial charge in [-0.05, 0) is 44.1 Å². The zero-order chi connectivity index (χ0) is 18.0. The molecule has 3 aromatic rings. The smallest absolute Gasteiger partial charge is 0.176 e. The molecule has 0 unspecified atom stereocenters. The molecule has 2 aromatic heterocycles. The summed E-state index contributed by atoms with van der Waals surface area (Å²) in [4.78, 5) is 0. The van der Waals surface area contributed by atoms with Crippen molar-refractivity contribution in [2.75, 3.05) is 10.6 Å². The van der Waals surface area contributed by atoms with Crippen molar-refractivity contribution in [2.45, 2.75) is 27.3 Å². The number of aryl methyl sites for hydroxylation is 3. The van der Waals surface area contributed by atoms with Crippen molar-refractivity contribution in [2.24, 2.45) is 7.05 Å². The summed E-state index contributed by atoms with van der Waals surface area (Å²) in [5.41, 5.74) is 5.41. The van der Waals surface area contributed by atoms with Crippen LogP contribution in [0.3, 0.4) is 0 Å². The Kier molecular flexibility index (Phi) is 4.85. The van der Waals surface area contributed by atoms with Crippen LogP contribution in [0.1, 0.15) is 22.5 Å². The van der Waals surface area contributed by atoms with Crippen LogP contribution in [0.5, 0.6) is 0 Å². The van der Waals surface area contributed by atoms with Crippen molar-refractivity contribution in [3.63, 3.8) is 0 Å². The van der Waals surface area contributed by atoms with Gasteiger partial charge in [-0.15, -0.1) is 0 Å². The fraction of sp³-hybridized carbons (Fsp3) is 0.278. The van der Waals surface area contributed by atoms with E-state index in [1.54, 1.807) is 4.68 Å². The molecule has 0 fully saturated rings. The summed E-state index contributed by atoms with van der Waals surface area (Å²) < 4.78 is 3.73. The van der Waals surface area contributed by atoms with Gasteiger partial charge in [-0.2, -0.15) is 10.2 Å². The van der Waals surface area contributed by atoms with Crippen LogP contribution in [0, 0.1) is 20.8 Å². The Balaban J connectivity index is 1.75. The first-order chi connectivity index (χ1) is 11.9. The first-order valence-electron chi connectivity index (χ1n) is 8.10. The lowest BCUT2D eigenvalue weighted by atomic mass is 10.1. The number of nitrogens with zero attached hydrogens (tertiary/aromatic N) is 4. The number of anilines is 2. The van der Waals surface area contributed by atoms with Gasteiger partial charge in [0.15, 0.2) is 10.9 Å².